The summed E-state index contributed by atoms with van der Waals surface area (Å²) in [5.74, 6) is 2.77. The average Bonchev–Trinajstić information content (AvgIpc) is 2.37. The van der Waals surface area contributed by atoms with Crippen LogP contribution in [0.25, 0.3) is 0 Å². The molecule has 1 amide bonds. The first-order chi connectivity index (χ1) is 9.35. The van der Waals surface area contributed by atoms with Gasteiger partial charge < -0.3 is 10.0 Å². The van der Waals surface area contributed by atoms with Crippen molar-refractivity contribution < 1.29 is 9.90 Å². The minimum atomic E-state index is -0.776. The van der Waals surface area contributed by atoms with Gasteiger partial charge in [0.2, 0.25) is 5.91 Å². The summed E-state index contributed by atoms with van der Waals surface area (Å²) in [4.78, 5) is 18.3. The number of carbonyl (C=O) groups excluding carboxylic acids is 1. The highest BCUT2D eigenvalue weighted by Gasteiger charge is 2.24. The van der Waals surface area contributed by atoms with Crippen LogP contribution >= 0.6 is 0 Å². The van der Waals surface area contributed by atoms with Gasteiger partial charge >= 0.3 is 0 Å². The molecule has 1 rings (SSSR count). The molecule has 5 heteroatoms. The van der Waals surface area contributed by atoms with Crippen molar-refractivity contribution in [2.24, 2.45) is 0 Å². The van der Waals surface area contributed by atoms with Crippen LogP contribution in [0, 0.1) is 12.3 Å². The fourth-order valence-electron chi connectivity index (χ4n) is 2.40. The molecule has 0 aromatic carbocycles. The quantitative estimate of drug-likeness (QED) is 0.688. The molecule has 20 heavy (non-hydrogen) atoms. The molecular formula is C15H27N3O2. The molecular weight excluding hydrogens is 254 g/mol. The lowest BCUT2D eigenvalue weighted by Crippen LogP contribution is -2.52. The first-order valence-corrected chi connectivity index (χ1v) is 7.24. The van der Waals surface area contributed by atoms with Crippen molar-refractivity contribution in [3.63, 3.8) is 0 Å². The third kappa shape index (κ3) is 5.91. The Balaban J connectivity index is 2.41. The molecule has 0 aliphatic carbocycles. The van der Waals surface area contributed by atoms with Gasteiger partial charge in [0.1, 0.15) is 0 Å². The molecule has 0 aromatic heterocycles. The molecule has 0 saturated carbocycles. The van der Waals surface area contributed by atoms with E-state index in [9.17, 15) is 9.90 Å². The van der Waals surface area contributed by atoms with E-state index in [0.717, 1.165) is 32.7 Å². The molecule has 1 heterocycles. The zero-order chi connectivity index (χ0) is 15.2. The maximum absolute atomic E-state index is 12.3. The largest absolute Gasteiger partial charge is 0.389 e. The molecule has 0 aromatic rings. The van der Waals surface area contributed by atoms with Crippen molar-refractivity contribution >= 4 is 5.91 Å². The first-order valence-electron chi connectivity index (χ1n) is 7.24. The van der Waals surface area contributed by atoms with E-state index >= 15 is 0 Å². The third-order valence-corrected chi connectivity index (χ3v) is 3.46. The Bertz CT molecular complexity index is 349. The zero-order valence-corrected chi connectivity index (χ0v) is 12.9. The predicted octanol–water partition coefficient (Wildman–Crippen LogP) is -0.143. The summed E-state index contributed by atoms with van der Waals surface area (Å²) in [6, 6.07) is 0. The van der Waals surface area contributed by atoms with E-state index in [0.29, 0.717) is 19.6 Å². The van der Waals surface area contributed by atoms with Crippen LogP contribution in [0.1, 0.15) is 20.8 Å². The maximum Gasteiger partial charge on any atom is 0.236 e. The number of piperazine rings is 1. The molecule has 0 atom stereocenters. The van der Waals surface area contributed by atoms with Crippen LogP contribution in [0.5, 0.6) is 0 Å². The summed E-state index contributed by atoms with van der Waals surface area (Å²) in [6.07, 6.45) is 5.29. The lowest BCUT2D eigenvalue weighted by molar-refractivity contribution is -0.134. The summed E-state index contributed by atoms with van der Waals surface area (Å²) in [6.45, 7) is 11.0. The lowest BCUT2D eigenvalue weighted by Gasteiger charge is -2.35. The van der Waals surface area contributed by atoms with Gasteiger partial charge in [0.05, 0.1) is 18.7 Å². The number of hydrogen-bond donors (Lipinski definition) is 1. The molecule has 1 saturated heterocycles. The summed E-state index contributed by atoms with van der Waals surface area (Å²) in [7, 11) is 0. The number of likely N-dealkylation sites (N-methyl/N-ethyl adjacent to an activating group) is 1. The monoisotopic (exact) mass is 281 g/mol. The molecule has 114 valence electrons. The second-order valence-corrected chi connectivity index (χ2v) is 5.98. The summed E-state index contributed by atoms with van der Waals surface area (Å²) < 4.78 is 0. The predicted molar refractivity (Wildman–Crippen MR) is 80.3 cm³/mol. The fourth-order valence-corrected chi connectivity index (χ4v) is 2.40. The van der Waals surface area contributed by atoms with Crippen LogP contribution in [0.15, 0.2) is 0 Å². The highest BCUT2D eigenvalue weighted by atomic mass is 16.3. The zero-order valence-electron chi connectivity index (χ0n) is 12.9. The number of amides is 1. The molecule has 0 radical (unpaired) electrons. The van der Waals surface area contributed by atoms with E-state index in [-0.39, 0.29) is 5.91 Å². The number of aliphatic hydroxyl groups is 1. The van der Waals surface area contributed by atoms with E-state index in [4.69, 9.17) is 6.42 Å². The van der Waals surface area contributed by atoms with Crippen LogP contribution in [0.2, 0.25) is 0 Å². The highest BCUT2D eigenvalue weighted by Crippen LogP contribution is 2.07. The van der Waals surface area contributed by atoms with E-state index in [1.807, 2.05) is 16.7 Å². The van der Waals surface area contributed by atoms with Crippen molar-refractivity contribution in [3.05, 3.63) is 0 Å². The summed E-state index contributed by atoms with van der Waals surface area (Å²) in [5.41, 5.74) is -0.776. The molecule has 1 fully saturated rings. The van der Waals surface area contributed by atoms with E-state index in [1.54, 1.807) is 13.8 Å². The van der Waals surface area contributed by atoms with Gasteiger partial charge in [-0.3, -0.25) is 14.6 Å². The van der Waals surface area contributed by atoms with Gasteiger partial charge in [0, 0.05) is 32.7 Å². The van der Waals surface area contributed by atoms with Gasteiger partial charge in [-0.2, -0.15) is 0 Å². The number of nitrogens with zero attached hydrogens (tertiary/aromatic N) is 3. The molecule has 0 bridgehead atoms. The highest BCUT2D eigenvalue weighted by molar-refractivity contribution is 5.78. The normalized spacial score (nSPS) is 17.3. The van der Waals surface area contributed by atoms with Gasteiger partial charge in [-0.05, 0) is 20.4 Å². The van der Waals surface area contributed by atoms with Crippen LogP contribution in [0.4, 0.5) is 0 Å². The van der Waals surface area contributed by atoms with Gasteiger partial charge in [0.15, 0.2) is 0 Å². The SMILES string of the molecule is C#CCN1CCN(C(=O)CN(CC)CC(C)(C)O)CC1. The Morgan fingerprint density at radius 3 is 2.40 bits per heavy atom. The Morgan fingerprint density at radius 2 is 1.95 bits per heavy atom. The van der Waals surface area contributed by atoms with E-state index < -0.39 is 5.60 Å². The minimum Gasteiger partial charge on any atom is -0.389 e. The molecule has 1 N–H and O–H groups in total. The number of terminal acetylenes is 1. The van der Waals surface area contributed by atoms with Crippen LogP contribution < -0.4 is 0 Å². The standard InChI is InChI=1S/C15H27N3O2/c1-5-7-17-8-10-18(11-9-17)14(19)12-16(6-2)13-15(3,4)20/h1,20H,6-13H2,2-4H3. The number of rotatable bonds is 6. The minimum absolute atomic E-state index is 0.136. The van der Waals surface area contributed by atoms with Gasteiger partial charge in [-0.15, -0.1) is 6.42 Å². The van der Waals surface area contributed by atoms with Crippen molar-refractivity contribution in [2.75, 3.05) is 52.4 Å². The fraction of sp³-hybridized carbons (Fsp3) is 0.800. The Kier molecular flexibility index (Phi) is 6.47. The Hall–Kier alpha value is -1.09. The van der Waals surface area contributed by atoms with Crippen LogP contribution in [0.3, 0.4) is 0 Å². The van der Waals surface area contributed by atoms with Gasteiger partial charge in [-0.25, -0.2) is 0 Å². The van der Waals surface area contributed by atoms with E-state index in [1.165, 1.54) is 0 Å². The molecule has 0 spiro atoms. The topological polar surface area (TPSA) is 47.0 Å². The van der Waals surface area contributed by atoms with Crippen LogP contribution in [-0.2, 0) is 4.79 Å². The van der Waals surface area contributed by atoms with E-state index in [2.05, 4.69) is 10.8 Å². The second kappa shape index (κ2) is 7.63. The summed E-state index contributed by atoms with van der Waals surface area (Å²) >= 11 is 0. The van der Waals surface area contributed by atoms with Gasteiger partial charge in [0.25, 0.3) is 0 Å². The van der Waals surface area contributed by atoms with Crippen molar-refractivity contribution in [2.45, 2.75) is 26.4 Å². The number of carbonyl (C=O) groups is 1. The van der Waals surface area contributed by atoms with Crippen molar-refractivity contribution in [1.82, 2.24) is 14.7 Å². The smallest absolute Gasteiger partial charge is 0.236 e. The maximum atomic E-state index is 12.3. The second-order valence-electron chi connectivity index (χ2n) is 5.98. The third-order valence-electron chi connectivity index (χ3n) is 3.46. The Morgan fingerprint density at radius 1 is 1.35 bits per heavy atom. The molecule has 1 aliphatic rings. The lowest BCUT2D eigenvalue weighted by atomic mass is 10.1. The molecule has 5 nitrogen and oxygen atoms in total. The first kappa shape index (κ1) is 17.0. The average molecular weight is 281 g/mol. The molecule has 0 unspecified atom stereocenters. The van der Waals surface area contributed by atoms with Gasteiger partial charge in [-0.1, -0.05) is 12.8 Å². The Labute approximate surface area is 122 Å². The van der Waals surface area contributed by atoms with Crippen molar-refractivity contribution in [3.8, 4) is 12.3 Å². The summed E-state index contributed by atoms with van der Waals surface area (Å²) in [5, 5.41) is 9.84. The number of hydrogen-bond acceptors (Lipinski definition) is 4. The van der Waals surface area contributed by atoms with Crippen LogP contribution in [-0.4, -0.2) is 83.7 Å². The van der Waals surface area contributed by atoms with Crippen molar-refractivity contribution in [1.29, 1.82) is 0 Å². The molecule has 1 aliphatic heterocycles.